The Morgan fingerprint density at radius 3 is 2.16 bits per heavy atom. The van der Waals surface area contributed by atoms with Crippen molar-refractivity contribution in [3.05, 3.63) is 35.4 Å². The lowest BCUT2D eigenvalue weighted by atomic mass is 10.0. The molecule has 0 heterocycles. The number of benzene rings is 1. The molecule has 8 heteroatoms. The number of ketones is 2. The van der Waals surface area contributed by atoms with Crippen LogP contribution >= 0.6 is 10.7 Å². The first-order valence-electron chi connectivity index (χ1n) is 5.05. The van der Waals surface area contributed by atoms with Crippen LogP contribution in [-0.2, 0) is 25.1 Å². The van der Waals surface area contributed by atoms with E-state index in [9.17, 15) is 18.0 Å². The largest absolute Gasteiger partial charge is 0.400 e. The number of halogens is 1. The van der Waals surface area contributed by atoms with E-state index in [1.165, 1.54) is 24.3 Å². The molecular formula is C11H9ClN2O4S. The Labute approximate surface area is 114 Å². The molecule has 0 unspecified atom stereocenters. The zero-order chi connectivity index (χ0) is 14.6. The molecule has 0 aliphatic carbocycles. The molecule has 6 nitrogen and oxygen atoms in total. The van der Waals surface area contributed by atoms with Gasteiger partial charge < -0.3 is 5.53 Å². The average Bonchev–Trinajstić information content (AvgIpc) is 2.28. The lowest BCUT2D eigenvalue weighted by Crippen LogP contribution is -2.24. The van der Waals surface area contributed by atoms with Gasteiger partial charge in [-0.1, -0.05) is 12.1 Å². The van der Waals surface area contributed by atoms with Gasteiger partial charge in [0.1, 0.15) is 0 Å². The summed E-state index contributed by atoms with van der Waals surface area (Å²) in [7, 11) is 1.33. The number of Topliss-reactive ketones (excluding diaryl/α,β-unsaturated/α-hetero) is 2. The van der Waals surface area contributed by atoms with Crippen molar-refractivity contribution >= 4 is 37.0 Å². The highest BCUT2D eigenvalue weighted by Crippen LogP contribution is 2.15. The minimum atomic E-state index is -3.81. The molecule has 0 aliphatic heterocycles. The molecule has 1 rings (SSSR count). The van der Waals surface area contributed by atoms with Crippen LogP contribution in [0.5, 0.6) is 0 Å². The third kappa shape index (κ3) is 4.10. The van der Waals surface area contributed by atoms with Gasteiger partial charge in [0, 0.05) is 24.0 Å². The van der Waals surface area contributed by atoms with E-state index < -0.39 is 26.3 Å². The maximum absolute atomic E-state index is 11.6. The van der Waals surface area contributed by atoms with E-state index in [1.807, 2.05) is 0 Å². The van der Waals surface area contributed by atoms with E-state index in [2.05, 4.69) is 4.79 Å². The van der Waals surface area contributed by atoms with Gasteiger partial charge in [0.15, 0.2) is 0 Å². The van der Waals surface area contributed by atoms with E-state index in [1.54, 1.807) is 0 Å². The van der Waals surface area contributed by atoms with E-state index in [-0.39, 0.29) is 11.3 Å². The van der Waals surface area contributed by atoms with E-state index in [0.29, 0.717) is 5.56 Å². The van der Waals surface area contributed by atoms with Crippen LogP contribution in [0, 0.1) is 0 Å². The second-order valence-corrected chi connectivity index (χ2v) is 6.25. The summed E-state index contributed by atoms with van der Waals surface area (Å²) in [6.45, 7) is 1.11. The second kappa shape index (κ2) is 5.88. The van der Waals surface area contributed by atoms with E-state index in [4.69, 9.17) is 16.2 Å². The molecule has 0 N–H and O–H groups in total. The number of rotatable bonds is 5. The molecule has 0 amide bonds. The molecule has 1 aromatic rings. The Kier molecular flexibility index (Phi) is 4.72. The Morgan fingerprint density at radius 2 is 1.79 bits per heavy atom. The number of carbonyl (C=O) groups excluding carboxylic acids is 2. The topological polar surface area (TPSA) is 105 Å². The molecule has 0 saturated heterocycles. The zero-order valence-electron chi connectivity index (χ0n) is 9.83. The van der Waals surface area contributed by atoms with Crippen LogP contribution in [0.3, 0.4) is 0 Å². The Morgan fingerprint density at radius 1 is 1.26 bits per heavy atom. The fourth-order valence-electron chi connectivity index (χ4n) is 1.36. The van der Waals surface area contributed by atoms with Crippen LogP contribution in [0.2, 0.25) is 0 Å². The third-order valence-corrected chi connectivity index (χ3v) is 3.64. The molecule has 0 aliphatic rings. The van der Waals surface area contributed by atoms with Crippen LogP contribution in [0.4, 0.5) is 0 Å². The van der Waals surface area contributed by atoms with Gasteiger partial charge >= 0.3 is 5.71 Å². The summed E-state index contributed by atoms with van der Waals surface area (Å²) in [5, 5.41) is 0. The van der Waals surface area contributed by atoms with Crippen molar-refractivity contribution in [1.82, 2.24) is 0 Å². The van der Waals surface area contributed by atoms with Crippen molar-refractivity contribution in [2.45, 2.75) is 18.2 Å². The van der Waals surface area contributed by atoms with Gasteiger partial charge in [-0.25, -0.2) is 8.42 Å². The van der Waals surface area contributed by atoms with Crippen LogP contribution in [0.1, 0.15) is 12.5 Å². The number of carbonyl (C=O) groups is 2. The van der Waals surface area contributed by atoms with Crippen molar-refractivity contribution < 1.29 is 22.8 Å². The quantitative estimate of drug-likeness (QED) is 0.266. The smallest absolute Gasteiger partial charge is 0.360 e. The molecular weight excluding hydrogens is 292 g/mol. The van der Waals surface area contributed by atoms with Crippen LogP contribution < -0.4 is 0 Å². The van der Waals surface area contributed by atoms with Gasteiger partial charge in [0.2, 0.25) is 5.78 Å². The molecule has 0 spiro atoms. The first-order valence-corrected chi connectivity index (χ1v) is 7.36. The highest BCUT2D eigenvalue weighted by Gasteiger charge is 2.25. The summed E-state index contributed by atoms with van der Waals surface area (Å²) < 4.78 is 22.0. The maximum Gasteiger partial charge on any atom is 0.400 e. The van der Waals surface area contributed by atoms with Crippen LogP contribution in [-0.4, -0.2) is 30.5 Å². The SMILES string of the molecule is CC(=O)C(=[N+]=[N-])C(=O)Cc1ccc(S(=O)(=O)Cl)cc1. The Balaban J connectivity index is 2.94. The Bertz CT molecular complexity index is 673. The summed E-state index contributed by atoms with van der Waals surface area (Å²) in [5.74, 6) is -1.30. The van der Waals surface area contributed by atoms with Crippen molar-refractivity contribution in [2.24, 2.45) is 0 Å². The fourth-order valence-corrected chi connectivity index (χ4v) is 2.13. The first-order chi connectivity index (χ1) is 8.75. The third-order valence-electron chi connectivity index (χ3n) is 2.27. The van der Waals surface area contributed by atoms with Crippen LogP contribution in [0.15, 0.2) is 29.2 Å². The van der Waals surface area contributed by atoms with Crippen molar-refractivity contribution in [3.63, 3.8) is 0 Å². The van der Waals surface area contributed by atoms with Crippen molar-refractivity contribution in [3.8, 4) is 0 Å². The van der Waals surface area contributed by atoms with E-state index >= 15 is 0 Å². The van der Waals surface area contributed by atoms with Gasteiger partial charge in [-0.05, 0) is 17.7 Å². The van der Waals surface area contributed by atoms with Gasteiger partial charge in [0.05, 0.1) is 4.90 Å². The molecule has 0 atom stereocenters. The Hall–Kier alpha value is -1.82. The average molecular weight is 301 g/mol. The lowest BCUT2D eigenvalue weighted by molar-refractivity contribution is -0.122. The highest BCUT2D eigenvalue weighted by atomic mass is 35.7. The fraction of sp³-hybridized carbons (Fsp3) is 0.182. The molecule has 19 heavy (non-hydrogen) atoms. The maximum atomic E-state index is 11.6. The second-order valence-electron chi connectivity index (χ2n) is 3.69. The van der Waals surface area contributed by atoms with Crippen molar-refractivity contribution in [2.75, 3.05) is 0 Å². The van der Waals surface area contributed by atoms with Crippen LogP contribution in [0.25, 0.3) is 5.53 Å². The number of hydrogen-bond acceptors (Lipinski definition) is 4. The number of nitrogens with zero attached hydrogens (tertiary/aromatic N) is 2. The molecule has 0 radical (unpaired) electrons. The molecule has 1 aromatic carbocycles. The zero-order valence-corrected chi connectivity index (χ0v) is 11.4. The van der Waals surface area contributed by atoms with Gasteiger partial charge in [-0.2, -0.15) is 4.79 Å². The summed E-state index contributed by atoms with van der Waals surface area (Å²) in [6, 6.07) is 5.27. The van der Waals surface area contributed by atoms with Crippen molar-refractivity contribution in [1.29, 1.82) is 0 Å². The first kappa shape index (κ1) is 15.2. The molecule has 0 aromatic heterocycles. The van der Waals surface area contributed by atoms with E-state index in [0.717, 1.165) is 6.92 Å². The van der Waals surface area contributed by atoms with Gasteiger partial charge in [0.25, 0.3) is 14.8 Å². The summed E-state index contributed by atoms with van der Waals surface area (Å²) in [5.41, 5.74) is 8.47. The minimum Gasteiger partial charge on any atom is -0.360 e. The lowest BCUT2D eigenvalue weighted by Gasteiger charge is -1.99. The van der Waals surface area contributed by atoms with Gasteiger partial charge in [-0.15, -0.1) is 0 Å². The minimum absolute atomic E-state index is 0.0898. The summed E-state index contributed by atoms with van der Waals surface area (Å²) in [6.07, 6.45) is -0.179. The predicted molar refractivity (Wildman–Crippen MR) is 67.5 cm³/mol. The monoisotopic (exact) mass is 300 g/mol. The molecule has 0 bridgehead atoms. The standard InChI is InChI=1S/C11H9ClN2O4S/c1-7(15)11(14-13)10(16)6-8-2-4-9(5-3-8)19(12,17)18/h2-5H,6H2,1H3. The summed E-state index contributed by atoms with van der Waals surface area (Å²) in [4.78, 5) is 25.1. The molecule has 0 fully saturated rings. The van der Waals surface area contributed by atoms with Gasteiger partial charge in [-0.3, -0.25) is 9.59 Å². The molecule has 100 valence electrons. The summed E-state index contributed by atoms with van der Waals surface area (Å²) >= 11 is 0. The predicted octanol–water partition coefficient (Wildman–Crippen LogP) is 0.986. The normalized spacial score (nSPS) is 10.6. The molecule has 0 saturated carbocycles. The highest BCUT2D eigenvalue weighted by molar-refractivity contribution is 8.13. The number of hydrogen-bond donors (Lipinski definition) is 0.